The minimum absolute atomic E-state index is 0.177. The maximum Gasteiger partial charge on any atom is 0.334 e. The van der Waals surface area contributed by atoms with Gasteiger partial charge in [0.1, 0.15) is 5.82 Å². The third kappa shape index (κ3) is 4.84. The lowest BCUT2D eigenvalue weighted by atomic mass is 10.0. The summed E-state index contributed by atoms with van der Waals surface area (Å²) in [4.78, 5) is 30.2. The van der Waals surface area contributed by atoms with Crippen molar-refractivity contribution in [1.82, 2.24) is 39.3 Å². The summed E-state index contributed by atoms with van der Waals surface area (Å²) in [6.07, 6.45) is 9.99. The number of aromatic nitrogens is 8. The number of aromatic amines is 1. The van der Waals surface area contributed by atoms with Gasteiger partial charge in [-0.05, 0) is 47.4 Å². The molecule has 4 heterocycles. The number of nitrogens with zero attached hydrogens (tertiary/aromatic N) is 7. The fraction of sp³-hybridized carbons (Fsp3) is 0.286. The van der Waals surface area contributed by atoms with E-state index in [0.717, 1.165) is 66.6 Å². The maximum absolute atomic E-state index is 13.7. The van der Waals surface area contributed by atoms with Gasteiger partial charge in [0, 0.05) is 42.0 Å². The van der Waals surface area contributed by atoms with Crippen LogP contribution in [0.4, 0.5) is 0 Å². The Kier molecular flexibility index (Phi) is 7.39. The predicted molar refractivity (Wildman–Crippen MR) is 144 cm³/mol. The normalized spacial score (nSPS) is 11.2. The molecule has 38 heavy (non-hydrogen) atoms. The van der Waals surface area contributed by atoms with Gasteiger partial charge in [-0.1, -0.05) is 50.6 Å². The Bertz CT molecular complexity index is 1580. The summed E-state index contributed by atoms with van der Waals surface area (Å²) in [5, 5.41) is 14.2. The number of carbonyl (C=O) groups excluding carboxylic acids is 1. The van der Waals surface area contributed by atoms with Crippen LogP contribution < -0.4 is 5.69 Å². The van der Waals surface area contributed by atoms with Gasteiger partial charge in [0.15, 0.2) is 12.1 Å². The van der Waals surface area contributed by atoms with Crippen LogP contribution in [-0.4, -0.2) is 45.6 Å². The van der Waals surface area contributed by atoms with Gasteiger partial charge in [-0.15, -0.1) is 5.10 Å². The molecule has 0 bridgehead atoms. The molecule has 10 heteroatoms. The molecule has 0 amide bonds. The van der Waals surface area contributed by atoms with Crippen LogP contribution in [0.2, 0.25) is 0 Å². The summed E-state index contributed by atoms with van der Waals surface area (Å²) in [5.74, 6) is 1.20. The van der Waals surface area contributed by atoms with Gasteiger partial charge in [-0.25, -0.2) is 9.89 Å². The van der Waals surface area contributed by atoms with Crippen LogP contribution in [0.5, 0.6) is 0 Å². The fourth-order valence-electron chi connectivity index (χ4n) is 4.73. The maximum atomic E-state index is 13.7. The number of aldehydes is 1. The number of aryl methyl sites for hydroxylation is 2. The van der Waals surface area contributed by atoms with Crippen LogP contribution in [0.15, 0.2) is 65.8 Å². The number of imidazole rings is 1. The number of carbonyl (C=O) groups is 1. The molecule has 194 valence electrons. The molecule has 0 fully saturated rings. The fourth-order valence-corrected chi connectivity index (χ4v) is 4.73. The number of rotatable bonds is 11. The summed E-state index contributed by atoms with van der Waals surface area (Å²) < 4.78 is 5.34. The van der Waals surface area contributed by atoms with Crippen LogP contribution >= 0.6 is 0 Å². The van der Waals surface area contributed by atoms with Crippen molar-refractivity contribution in [3.63, 3.8) is 0 Å². The molecular formula is C28H30N8O2. The van der Waals surface area contributed by atoms with Crippen LogP contribution in [0, 0.1) is 0 Å². The van der Waals surface area contributed by atoms with Crippen LogP contribution in [-0.2, 0) is 19.5 Å². The van der Waals surface area contributed by atoms with E-state index in [0.29, 0.717) is 23.8 Å². The molecule has 0 atom stereocenters. The third-order valence-corrected chi connectivity index (χ3v) is 6.62. The van der Waals surface area contributed by atoms with Crippen molar-refractivity contribution in [1.29, 1.82) is 0 Å². The van der Waals surface area contributed by atoms with Crippen molar-refractivity contribution in [3.8, 4) is 28.3 Å². The number of unbranched alkanes of at least 4 members (excludes halogenated alkanes) is 1. The van der Waals surface area contributed by atoms with E-state index >= 15 is 0 Å². The van der Waals surface area contributed by atoms with Crippen molar-refractivity contribution >= 4 is 6.29 Å². The molecule has 10 nitrogen and oxygen atoms in total. The van der Waals surface area contributed by atoms with Crippen LogP contribution in [0.3, 0.4) is 0 Å². The Balaban J connectivity index is 1.50. The Hall–Kier alpha value is -4.60. The standard InChI is InChI=1S/C28H30N8O2/c1-3-5-8-23-18-36(27-21(19-37)13-15-34(27)14-4-2)28(38)35(23)17-22-12-11-20(16-29-22)24-9-6-7-10-25(24)26-30-32-33-31-26/h6-7,9-13,15-16,18-19H,3-5,8,14,17H2,1-2H3,(H,30,31,32,33). The second kappa shape index (κ2) is 11.2. The number of nitrogens with one attached hydrogen (secondary N) is 1. The zero-order chi connectivity index (χ0) is 26.5. The highest BCUT2D eigenvalue weighted by molar-refractivity contribution is 5.80. The van der Waals surface area contributed by atoms with Gasteiger partial charge < -0.3 is 4.57 Å². The molecular weight excluding hydrogens is 480 g/mol. The minimum atomic E-state index is -0.177. The lowest BCUT2D eigenvalue weighted by Crippen LogP contribution is -2.26. The quantitative estimate of drug-likeness (QED) is 0.265. The molecule has 0 aliphatic heterocycles. The number of H-pyrrole nitrogens is 1. The first kappa shape index (κ1) is 25.1. The van der Waals surface area contributed by atoms with E-state index in [2.05, 4.69) is 34.5 Å². The Labute approximate surface area is 220 Å². The average Bonchev–Trinajstić information content (AvgIpc) is 3.69. The Morgan fingerprint density at radius 2 is 1.87 bits per heavy atom. The van der Waals surface area contributed by atoms with Crippen LogP contribution in [0.25, 0.3) is 28.3 Å². The van der Waals surface area contributed by atoms with Crippen molar-refractivity contribution in [2.75, 3.05) is 0 Å². The molecule has 4 aromatic heterocycles. The lowest BCUT2D eigenvalue weighted by Gasteiger charge is -2.10. The predicted octanol–water partition coefficient (Wildman–Crippen LogP) is 4.30. The number of hydrogen-bond donors (Lipinski definition) is 1. The summed E-state index contributed by atoms with van der Waals surface area (Å²) in [6, 6.07) is 13.5. The average molecular weight is 511 g/mol. The molecule has 0 spiro atoms. The largest absolute Gasteiger partial charge is 0.334 e. The topological polar surface area (TPSA) is 116 Å². The summed E-state index contributed by atoms with van der Waals surface area (Å²) >= 11 is 0. The van der Waals surface area contributed by atoms with E-state index in [1.165, 1.54) is 0 Å². The van der Waals surface area contributed by atoms with Gasteiger partial charge in [0.25, 0.3) is 0 Å². The molecule has 0 radical (unpaired) electrons. The number of benzene rings is 1. The van der Waals surface area contributed by atoms with Crippen molar-refractivity contribution in [3.05, 3.63) is 88.5 Å². The molecule has 5 aromatic rings. The highest BCUT2D eigenvalue weighted by Gasteiger charge is 2.19. The highest BCUT2D eigenvalue weighted by atomic mass is 16.2. The van der Waals surface area contributed by atoms with Crippen molar-refractivity contribution in [2.24, 2.45) is 0 Å². The molecule has 0 saturated heterocycles. The zero-order valence-corrected chi connectivity index (χ0v) is 21.5. The molecule has 0 aliphatic rings. The molecule has 0 saturated carbocycles. The third-order valence-electron chi connectivity index (χ3n) is 6.62. The summed E-state index contributed by atoms with van der Waals surface area (Å²) in [5.41, 5.74) is 4.77. The highest BCUT2D eigenvalue weighted by Crippen LogP contribution is 2.29. The first-order valence-corrected chi connectivity index (χ1v) is 12.9. The van der Waals surface area contributed by atoms with Gasteiger partial charge in [-0.3, -0.25) is 18.9 Å². The molecule has 5 rings (SSSR count). The number of tetrazole rings is 1. The minimum Gasteiger partial charge on any atom is -0.333 e. The van der Waals surface area contributed by atoms with Gasteiger partial charge in [0.05, 0.1) is 17.8 Å². The van der Waals surface area contributed by atoms with E-state index < -0.39 is 0 Å². The first-order valence-electron chi connectivity index (χ1n) is 12.9. The second-order valence-corrected chi connectivity index (χ2v) is 9.20. The van der Waals surface area contributed by atoms with E-state index in [9.17, 15) is 9.59 Å². The summed E-state index contributed by atoms with van der Waals surface area (Å²) in [7, 11) is 0. The number of pyridine rings is 1. The molecule has 1 aromatic carbocycles. The van der Waals surface area contributed by atoms with Crippen molar-refractivity contribution < 1.29 is 4.79 Å². The van der Waals surface area contributed by atoms with E-state index in [1.54, 1.807) is 15.2 Å². The molecule has 1 N–H and O–H groups in total. The monoisotopic (exact) mass is 510 g/mol. The van der Waals surface area contributed by atoms with E-state index in [1.807, 2.05) is 59.6 Å². The Morgan fingerprint density at radius 1 is 1.03 bits per heavy atom. The number of hydrogen-bond acceptors (Lipinski definition) is 6. The first-order chi connectivity index (χ1) is 18.6. The van der Waals surface area contributed by atoms with Crippen molar-refractivity contribution in [2.45, 2.75) is 52.6 Å². The zero-order valence-electron chi connectivity index (χ0n) is 21.5. The van der Waals surface area contributed by atoms with E-state index in [4.69, 9.17) is 4.98 Å². The van der Waals surface area contributed by atoms with Gasteiger partial charge in [0.2, 0.25) is 0 Å². The Morgan fingerprint density at radius 3 is 2.55 bits per heavy atom. The van der Waals surface area contributed by atoms with Gasteiger partial charge in [-0.2, -0.15) is 0 Å². The SMILES string of the molecule is CCCCc1cn(-c2c(C=O)ccn2CCC)c(=O)n1Cc1ccc(-c2ccccc2-c2nnn[nH]2)cn1. The van der Waals surface area contributed by atoms with E-state index in [-0.39, 0.29) is 5.69 Å². The van der Waals surface area contributed by atoms with Gasteiger partial charge >= 0.3 is 5.69 Å². The molecule has 0 aliphatic carbocycles. The summed E-state index contributed by atoms with van der Waals surface area (Å²) in [6.45, 7) is 5.26. The smallest absolute Gasteiger partial charge is 0.333 e. The lowest BCUT2D eigenvalue weighted by molar-refractivity contribution is 0.112. The van der Waals surface area contributed by atoms with Crippen LogP contribution in [0.1, 0.15) is 54.9 Å². The molecule has 0 unspecified atom stereocenters. The second-order valence-electron chi connectivity index (χ2n) is 9.20.